The Morgan fingerprint density at radius 3 is 2.41 bits per heavy atom. The number of benzene rings is 1. The summed E-state index contributed by atoms with van der Waals surface area (Å²) in [5, 5.41) is 28.6. The summed E-state index contributed by atoms with van der Waals surface area (Å²) in [6.07, 6.45) is 2.52. The predicted octanol–water partition coefficient (Wildman–Crippen LogP) is 1.73. The first-order valence-electron chi connectivity index (χ1n) is 5.15. The van der Waals surface area contributed by atoms with E-state index in [1.165, 1.54) is 12.2 Å². The molecule has 88 valence electrons. The molecule has 1 atom stereocenters. The lowest BCUT2D eigenvalue weighted by molar-refractivity contribution is -0.152. The van der Waals surface area contributed by atoms with E-state index in [4.69, 9.17) is 5.11 Å². The second-order valence-electron chi connectivity index (χ2n) is 3.95. The zero-order valence-corrected chi connectivity index (χ0v) is 9.00. The van der Waals surface area contributed by atoms with Crippen LogP contribution in [0.15, 0.2) is 48.2 Å². The van der Waals surface area contributed by atoms with Crippen LogP contribution in [0.2, 0.25) is 0 Å². The Labute approximate surface area is 98.1 Å². The van der Waals surface area contributed by atoms with Crippen LogP contribution in [-0.4, -0.2) is 26.9 Å². The fourth-order valence-electron chi connectivity index (χ4n) is 1.88. The van der Waals surface area contributed by atoms with Gasteiger partial charge in [-0.3, -0.25) is 0 Å². The van der Waals surface area contributed by atoms with Crippen molar-refractivity contribution in [3.8, 4) is 0 Å². The maximum atomic E-state index is 11.2. The van der Waals surface area contributed by atoms with E-state index in [0.29, 0.717) is 5.56 Å². The monoisotopic (exact) mass is 232 g/mol. The molecular weight excluding hydrogens is 220 g/mol. The van der Waals surface area contributed by atoms with Crippen LogP contribution < -0.4 is 0 Å². The summed E-state index contributed by atoms with van der Waals surface area (Å²) in [5.74, 6) is -1.51. The van der Waals surface area contributed by atoms with Crippen LogP contribution in [0.4, 0.5) is 0 Å². The first-order valence-corrected chi connectivity index (χ1v) is 5.15. The van der Waals surface area contributed by atoms with Crippen LogP contribution in [0.3, 0.4) is 0 Å². The molecule has 0 spiro atoms. The zero-order valence-electron chi connectivity index (χ0n) is 9.00. The predicted molar refractivity (Wildman–Crippen MR) is 62.3 cm³/mol. The number of carboxylic acids is 1. The molecule has 3 N–H and O–H groups in total. The molecule has 1 unspecified atom stereocenters. The minimum absolute atomic E-state index is 0.144. The molecule has 1 aliphatic carbocycles. The summed E-state index contributed by atoms with van der Waals surface area (Å²) in [6, 6.07) is 8.76. The molecule has 1 aliphatic rings. The first kappa shape index (κ1) is 11.4. The van der Waals surface area contributed by atoms with Crippen molar-refractivity contribution in [1.82, 2.24) is 0 Å². The zero-order chi connectivity index (χ0) is 12.5. The molecule has 0 saturated carbocycles. The summed E-state index contributed by atoms with van der Waals surface area (Å²) >= 11 is 0. The lowest BCUT2D eigenvalue weighted by atomic mass is 9.82. The van der Waals surface area contributed by atoms with Gasteiger partial charge in [0.1, 0.15) is 0 Å². The van der Waals surface area contributed by atoms with Gasteiger partial charge in [0.25, 0.3) is 0 Å². The van der Waals surface area contributed by atoms with E-state index in [9.17, 15) is 15.0 Å². The number of carboxylic acid groups (broad SMARTS) is 1. The number of allylic oxidation sites excluding steroid dienone is 2. The minimum atomic E-state index is -2.07. The molecule has 0 radical (unpaired) electrons. The maximum Gasteiger partial charge on any atom is 0.340 e. The summed E-state index contributed by atoms with van der Waals surface area (Å²) in [5.41, 5.74) is -1.16. The third kappa shape index (κ3) is 1.94. The Morgan fingerprint density at radius 1 is 1.18 bits per heavy atom. The standard InChI is InChI=1S/C13H12O4/c14-10-6-7-11(9-4-2-1-3-5-9)13(17,8-10)12(15)16/h1-7,14,17H,8H2,(H,15,16). The van der Waals surface area contributed by atoms with Crippen molar-refractivity contribution in [2.45, 2.75) is 12.0 Å². The van der Waals surface area contributed by atoms with Gasteiger partial charge in [-0.25, -0.2) is 4.79 Å². The van der Waals surface area contributed by atoms with Gasteiger partial charge in [0.15, 0.2) is 5.60 Å². The van der Waals surface area contributed by atoms with Gasteiger partial charge in [0.2, 0.25) is 0 Å². The smallest absolute Gasteiger partial charge is 0.340 e. The quantitative estimate of drug-likeness (QED) is 0.725. The minimum Gasteiger partial charge on any atom is -0.512 e. The van der Waals surface area contributed by atoms with Gasteiger partial charge in [0.05, 0.1) is 5.76 Å². The molecule has 4 heteroatoms. The Kier molecular flexibility index (Phi) is 2.73. The van der Waals surface area contributed by atoms with Crippen molar-refractivity contribution >= 4 is 11.5 Å². The molecular formula is C13H12O4. The summed E-state index contributed by atoms with van der Waals surface area (Å²) in [4.78, 5) is 11.2. The number of carbonyl (C=O) groups is 1. The third-order valence-corrected chi connectivity index (χ3v) is 2.76. The average molecular weight is 232 g/mol. The highest BCUT2D eigenvalue weighted by Gasteiger charge is 2.42. The van der Waals surface area contributed by atoms with Gasteiger partial charge in [-0.1, -0.05) is 36.4 Å². The Bertz CT molecular complexity index is 501. The second kappa shape index (κ2) is 4.07. The molecule has 0 heterocycles. The molecule has 1 aromatic carbocycles. The number of aliphatic hydroxyl groups is 2. The SMILES string of the molecule is O=C(O)C1(O)CC(O)=CC=C1c1ccccc1. The normalized spacial score (nSPS) is 23.8. The molecule has 0 bridgehead atoms. The van der Waals surface area contributed by atoms with Gasteiger partial charge in [-0.2, -0.15) is 0 Å². The van der Waals surface area contributed by atoms with Gasteiger partial charge in [-0.15, -0.1) is 0 Å². The van der Waals surface area contributed by atoms with Crippen molar-refractivity contribution < 1.29 is 20.1 Å². The molecule has 0 saturated heterocycles. The lowest BCUT2D eigenvalue weighted by Crippen LogP contribution is -2.41. The Morgan fingerprint density at radius 2 is 1.82 bits per heavy atom. The third-order valence-electron chi connectivity index (χ3n) is 2.76. The highest BCUT2D eigenvalue weighted by molar-refractivity contribution is 5.96. The first-order chi connectivity index (χ1) is 8.04. The molecule has 0 aromatic heterocycles. The number of aliphatic carboxylic acids is 1. The lowest BCUT2D eigenvalue weighted by Gasteiger charge is -2.28. The van der Waals surface area contributed by atoms with Crippen LogP contribution in [0.25, 0.3) is 5.57 Å². The van der Waals surface area contributed by atoms with Crippen molar-refractivity contribution in [2.75, 3.05) is 0 Å². The molecule has 2 rings (SSSR count). The van der Waals surface area contributed by atoms with E-state index in [1.54, 1.807) is 30.3 Å². The van der Waals surface area contributed by atoms with Crippen LogP contribution in [0, 0.1) is 0 Å². The van der Waals surface area contributed by atoms with Crippen LogP contribution in [0.5, 0.6) is 0 Å². The van der Waals surface area contributed by atoms with Gasteiger partial charge in [-0.05, 0) is 11.6 Å². The number of hydrogen-bond donors (Lipinski definition) is 3. The molecule has 0 fully saturated rings. The maximum absolute atomic E-state index is 11.2. The van der Waals surface area contributed by atoms with Gasteiger partial charge < -0.3 is 15.3 Å². The van der Waals surface area contributed by atoms with Crippen molar-refractivity contribution in [2.24, 2.45) is 0 Å². The highest BCUT2D eigenvalue weighted by atomic mass is 16.4. The largest absolute Gasteiger partial charge is 0.512 e. The van der Waals surface area contributed by atoms with Crippen LogP contribution in [0.1, 0.15) is 12.0 Å². The van der Waals surface area contributed by atoms with Crippen LogP contribution in [-0.2, 0) is 4.79 Å². The summed E-state index contributed by atoms with van der Waals surface area (Å²) in [6.45, 7) is 0. The second-order valence-corrected chi connectivity index (χ2v) is 3.95. The Balaban J connectivity index is 2.53. The van der Waals surface area contributed by atoms with Crippen molar-refractivity contribution in [3.05, 3.63) is 53.8 Å². The van der Waals surface area contributed by atoms with Gasteiger partial charge >= 0.3 is 5.97 Å². The molecule has 1 aromatic rings. The van der Waals surface area contributed by atoms with E-state index in [1.807, 2.05) is 0 Å². The van der Waals surface area contributed by atoms with E-state index in [0.717, 1.165) is 0 Å². The molecule has 0 amide bonds. The molecule has 0 aliphatic heterocycles. The average Bonchev–Trinajstić information content (AvgIpc) is 2.30. The summed E-state index contributed by atoms with van der Waals surface area (Å²) < 4.78 is 0. The number of rotatable bonds is 2. The Hall–Kier alpha value is -2.07. The van der Waals surface area contributed by atoms with Crippen molar-refractivity contribution in [1.29, 1.82) is 0 Å². The summed E-state index contributed by atoms with van der Waals surface area (Å²) in [7, 11) is 0. The number of hydrogen-bond acceptors (Lipinski definition) is 3. The van der Waals surface area contributed by atoms with E-state index < -0.39 is 11.6 Å². The fraction of sp³-hybridized carbons (Fsp3) is 0.154. The molecule has 17 heavy (non-hydrogen) atoms. The van der Waals surface area contributed by atoms with Crippen LogP contribution >= 0.6 is 0 Å². The fourth-order valence-corrected chi connectivity index (χ4v) is 1.88. The number of aliphatic hydroxyl groups excluding tert-OH is 1. The van der Waals surface area contributed by atoms with E-state index >= 15 is 0 Å². The van der Waals surface area contributed by atoms with E-state index in [2.05, 4.69) is 0 Å². The topological polar surface area (TPSA) is 77.8 Å². The highest BCUT2D eigenvalue weighted by Crippen LogP contribution is 2.35. The van der Waals surface area contributed by atoms with E-state index in [-0.39, 0.29) is 17.8 Å². The molecule has 4 nitrogen and oxygen atoms in total. The van der Waals surface area contributed by atoms with Gasteiger partial charge in [0, 0.05) is 12.0 Å². The van der Waals surface area contributed by atoms with Crippen molar-refractivity contribution in [3.63, 3.8) is 0 Å².